The van der Waals surface area contributed by atoms with Crippen LogP contribution < -0.4 is 5.73 Å². The van der Waals surface area contributed by atoms with Gasteiger partial charge in [0, 0.05) is 5.38 Å². The van der Waals surface area contributed by atoms with Crippen LogP contribution in [0.1, 0.15) is 17.3 Å². The van der Waals surface area contributed by atoms with Gasteiger partial charge >= 0.3 is 0 Å². The first-order valence-electron chi connectivity index (χ1n) is 4.52. The number of aromatic nitrogens is 2. The number of nitrogens with two attached hydrogens (primary N) is 1. The molecule has 3 nitrogen and oxygen atoms in total. The molecule has 0 radical (unpaired) electrons. The minimum atomic E-state index is -0.240. The second-order valence-electron chi connectivity index (χ2n) is 3.27. The molecule has 1 atom stereocenters. The lowest BCUT2D eigenvalue weighted by Gasteiger charge is -2.07. The number of benzene rings is 1. The molecule has 1 unspecified atom stereocenters. The van der Waals surface area contributed by atoms with Gasteiger partial charge in [0.2, 0.25) is 0 Å². The fourth-order valence-corrected chi connectivity index (χ4v) is 1.87. The maximum atomic E-state index is 12.9. The first kappa shape index (κ1) is 10.2. The Morgan fingerprint density at radius 2 is 2.33 bits per heavy atom. The van der Waals surface area contributed by atoms with E-state index in [2.05, 4.69) is 9.59 Å². The molecule has 2 rings (SSSR count). The molecule has 1 heterocycles. The highest BCUT2D eigenvalue weighted by Gasteiger charge is 2.09. The fraction of sp³-hybridized carbons (Fsp3) is 0.200. The molecule has 0 saturated heterocycles. The Bertz CT molecular complexity index is 430. The van der Waals surface area contributed by atoms with Gasteiger partial charge in [0.15, 0.2) is 0 Å². The quantitative estimate of drug-likeness (QED) is 0.864. The average molecular weight is 223 g/mol. The molecule has 0 aliphatic rings. The van der Waals surface area contributed by atoms with Gasteiger partial charge < -0.3 is 5.73 Å². The van der Waals surface area contributed by atoms with Crippen molar-refractivity contribution in [2.75, 3.05) is 0 Å². The molecule has 1 aromatic carbocycles. The summed E-state index contributed by atoms with van der Waals surface area (Å²) in [7, 11) is 0. The molecule has 2 aromatic rings. The van der Waals surface area contributed by atoms with E-state index >= 15 is 0 Å². The van der Waals surface area contributed by atoms with Crippen molar-refractivity contribution in [2.24, 2.45) is 5.73 Å². The molecule has 0 fully saturated rings. The molecular formula is C10H10FN3S. The van der Waals surface area contributed by atoms with Crippen LogP contribution >= 0.6 is 11.5 Å². The zero-order valence-corrected chi connectivity index (χ0v) is 8.75. The van der Waals surface area contributed by atoms with Crippen LogP contribution in [0.3, 0.4) is 0 Å². The van der Waals surface area contributed by atoms with Crippen LogP contribution in [0.2, 0.25) is 0 Å². The lowest BCUT2D eigenvalue weighted by atomic mass is 10.0. The molecule has 0 amide bonds. The third kappa shape index (κ3) is 2.57. The van der Waals surface area contributed by atoms with Crippen molar-refractivity contribution < 1.29 is 4.39 Å². The van der Waals surface area contributed by atoms with E-state index in [9.17, 15) is 4.39 Å². The molecule has 0 spiro atoms. The molecule has 78 valence electrons. The summed E-state index contributed by atoms with van der Waals surface area (Å²) in [4.78, 5) is 0. The second kappa shape index (κ2) is 4.46. The maximum Gasteiger partial charge on any atom is 0.123 e. The Morgan fingerprint density at radius 1 is 1.47 bits per heavy atom. The minimum Gasteiger partial charge on any atom is -0.322 e. The monoisotopic (exact) mass is 223 g/mol. The highest BCUT2D eigenvalue weighted by molar-refractivity contribution is 7.03. The topological polar surface area (TPSA) is 51.8 Å². The summed E-state index contributed by atoms with van der Waals surface area (Å²) in [6, 6.07) is 6.21. The van der Waals surface area contributed by atoms with Crippen LogP contribution in [-0.4, -0.2) is 9.59 Å². The van der Waals surface area contributed by atoms with Crippen LogP contribution in [0.4, 0.5) is 4.39 Å². The Morgan fingerprint density at radius 3 is 3.00 bits per heavy atom. The van der Waals surface area contributed by atoms with Gasteiger partial charge in [0.05, 0.1) is 11.7 Å². The van der Waals surface area contributed by atoms with Crippen LogP contribution in [-0.2, 0) is 6.42 Å². The number of rotatable bonds is 3. The van der Waals surface area contributed by atoms with E-state index < -0.39 is 0 Å². The highest BCUT2D eigenvalue weighted by Crippen LogP contribution is 2.15. The summed E-state index contributed by atoms with van der Waals surface area (Å²) in [5, 5.41) is 5.69. The van der Waals surface area contributed by atoms with Crippen molar-refractivity contribution in [3.8, 4) is 0 Å². The summed E-state index contributed by atoms with van der Waals surface area (Å²) in [6.07, 6.45) is 0.573. The lowest BCUT2D eigenvalue weighted by molar-refractivity contribution is 0.620. The Balaban J connectivity index is 2.09. The van der Waals surface area contributed by atoms with Crippen molar-refractivity contribution >= 4 is 11.5 Å². The second-order valence-corrected chi connectivity index (χ2v) is 3.88. The van der Waals surface area contributed by atoms with Crippen LogP contribution in [0.25, 0.3) is 0 Å². The first-order valence-corrected chi connectivity index (χ1v) is 5.36. The number of hydrogen-bond donors (Lipinski definition) is 1. The molecule has 1 aromatic heterocycles. The molecule has 15 heavy (non-hydrogen) atoms. The van der Waals surface area contributed by atoms with E-state index in [1.807, 2.05) is 11.4 Å². The van der Waals surface area contributed by atoms with E-state index in [4.69, 9.17) is 5.73 Å². The molecule has 0 aliphatic carbocycles. The molecule has 5 heteroatoms. The van der Waals surface area contributed by atoms with Crippen molar-refractivity contribution in [1.29, 1.82) is 0 Å². The van der Waals surface area contributed by atoms with Crippen molar-refractivity contribution in [3.63, 3.8) is 0 Å². The van der Waals surface area contributed by atoms with E-state index in [-0.39, 0.29) is 11.9 Å². The summed E-state index contributed by atoms with van der Waals surface area (Å²) in [5.74, 6) is -0.240. The number of hydrogen-bond acceptors (Lipinski definition) is 4. The molecule has 0 aliphatic heterocycles. The molecule has 0 bridgehead atoms. The number of halogens is 1. The predicted molar refractivity (Wildman–Crippen MR) is 56.9 cm³/mol. The SMILES string of the molecule is NC(Cc1cccc(F)c1)c1csnn1. The van der Waals surface area contributed by atoms with Gasteiger partial charge in [-0.05, 0) is 35.6 Å². The predicted octanol–water partition coefficient (Wildman–Crippen LogP) is 1.92. The normalized spacial score (nSPS) is 12.7. The highest BCUT2D eigenvalue weighted by atomic mass is 32.1. The fourth-order valence-electron chi connectivity index (χ4n) is 1.36. The smallest absolute Gasteiger partial charge is 0.123 e. The molecular weight excluding hydrogens is 213 g/mol. The van der Waals surface area contributed by atoms with Gasteiger partial charge in [-0.3, -0.25) is 0 Å². The van der Waals surface area contributed by atoms with Crippen LogP contribution in [0.15, 0.2) is 29.6 Å². The van der Waals surface area contributed by atoms with Gasteiger partial charge in [-0.2, -0.15) is 0 Å². The van der Waals surface area contributed by atoms with E-state index in [0.29, 0.717) is 6.42 Å². The van der Waals surface area contributed by atoms with Gasteiger partial charge in [0.1, 0.15) is 5.82 Å². The van der Waals surface area contributed by atoms with Crippen molar-refractivity contribution in [3.05, 3.63) is 46.7 Å². The third-order valence-electron chi connectivity index (χ3n) is 2.10. The first-order chi connectivity index (χ1) is 7.25. The zero-order chi connectivity index (χ0) is 10.7. The largest absolute Gasteiger partial charge is 0.322 e. The standard InChI is InChI=1S/C10H10FN3S/c11-8-3-1-2-7(4-8)5-9(12)10-6-15-14-13-10/h1-4,6,9H,5,12H2. The van der Waals surface area contributed by atoms with Gasteiger partial charge in [-0.1, -0.05) is 16.6 Å². The van der Waals surface area contributed by atoms with Gasteiger partial charge in [-0.25, -0.2) is 4.39 Å². The van der Waals surface area contributed by atoms with Crippen LogP contribution in [0.5, 0.6) is 0 Å². The molecule has 2 N–H and O–H groups in total. The van der Waals surface area contributed by atoms with E-state index in [1.54, 1.807) is 6.07 Å². The van der Waals surface area contributed by atoms with Gasteiger partial charge in [0.25, 0.3) is 0 Å². The summed E-state index contributed by atoms with van der Waals surface area (Å²) in [5.41, 5.74) is 7.53. The van der Waals surface area contributed by atoms with Crippen molar-refractivity contribution in [2.45, 2.75) is 12.5 Å². The Hall–Kier alpha value is -1.33. The maximum absolute atomic E-state index is 12.9. The lowest BCUT2D eigenvalue weighted by Crippen LogP contribution is -2.13. The minimum absolute atomic E-state index is 0.217. The van der Waals surface area contributed by atoms with Crippen LogP contribution in [0, 0.1) is 5.82 Å². The van der Waals surface area contributed by atoms with E-state index in [1.165, 1.54) is 23.7 Å². The van der Waals surface area contributed by atoms with E-state index in [0.717, 1.165) is 11.3 Å². The molecule has 0 saturated carbocycles. The summed E-state index contributed by atoms with van der Waals surface area (Å²) >= 11 is 1.27. The summed E-state index contributed by atoms with van der Waals surface area (Å²) in [6.45, 7) is 0. The zero-order valence-electron chi connectivity index (χ0n) is 7.93. The average Bonchev–Trinajstić information content (AvgIpc) is 2.70. The number of nitrogens with zero attached hydrogens (tertiary/aromatic N) is 2. The Labute approximate surface area is 90.9 Å². The van der Waals surface area contributed by atoms with Gasteiger partial charge in [-0.15, -0.1) is 5.10 Å². The summed E-state index contributed by atoms with van der Waals surface area (Å²) < 4.78 is 16.6. The Kier molecular flexibility index (Phi) is 3.03. The van der Waals surface area contributed by atoms with Crippen molar-refractivity contribution in [1.82, 2.24) is 9.59 Å². The third-order valence-corrected chi connectivity index (χ3v) is 2.62.